The first kappa shape index (κ1) is 18.4. The number of aromatic amines is 1. The van der Waals surface area contributed by atoms with Gasteiger partial charge in [-0.1, -0.05) is 18.2 Å². The first-order chi connectivity index (χ1) is 13.7. The molecule has 5 heteroatoms. The van der Waals surface area contributed by atoms with Gasteiger partial charge in [-0.3, -0.25) is 4.79 Å². The summed E-state index contributed by atoms with van der Waals surface area (Å²) in [6.45, 7) is 4.74. The Kier molecular flexibility index (Phi) is 5.51. The molecule has 0 radical (unpaired) electrons. The number of nitrogens with one attached hydrogen (secondary N) is 1. The zero-order chi connectivity index (χ0) is 19.3. The van der Waals surface area contributed by atoms with Crippen molar-refractivity contribution in [2.24, 2.45) is 5.92 Å². The highest BCUT2D eigenvalue weighted by atomic mass is 16.5. The second kappa shape index (κ2) is 8.38. The average molecular weight is 378 g/mol. The number of hydrogen-bond donors (Lipinski definition) is 1. The number of likely N-dealkylation sites (tertiary alicyclic amines) is 1. The van der Waals surface area contributed by atoms with Gasteiger partial charge in [0.1, 0.15) is 17.2 Å². The second-order valence-corrected chi connectivity index (χ2v) is 7.25. The maximum absolute atomic E-state index is 13.0. The van der Waals surface area contributed by atoms with E-state index in [-0.39, 0.29) is 5.91 Å². The minimum atomic E-state index is 0.0542. The number of rotatable bonds is 6. The average Bonchev–Trinajstić information content (AvgIpc) is 3.16. The monoisotopic (exact) mass is 378 g/mol. The number of carbonyl (C=O) groups is 1. The number of ether oxygens (including phenoxy) is 2. The highest BCUT2D eigenvalue weighted by Gasteiger charge is 2.26. The molecule has 2 heterocycles. The maximum Gasteiger partial charge on any atom is 0.270 e. The number of hydrogen-bond acceptors (Lipinski definition) is 3. The van der Waals surface area contributed by atoms with E-state index in [0.717, 1.165) is 48.3 Å². The van der Waals surface area contributed by atoms with Gasteiger partial charge in [0.25, 0.3) is 5.91 Å². The van der Waals surface area contributed by atoms with E-state index in [0.29, 0.717) is 24.8 Å². The molecule has 2 aromatic carbocycles. The fraction of sp³-hybridized carbons (Fsp3) is 0.348. The molecule has 1 saturated heterocycles. The van der Waals surface area contributed by atoms with Crippen LogP contribution in [-0.4, -0.2) is 42.1 Å². The first-order valence-corrected chi connectivity index (χ1v) is 9.95. The van der Waals surface area contributed by atoms with Crippen molar-refractivity contribution in [2.45, 2.75) is 19.8 Å². The molecule has 1 aliphatic heterocycles. The molecule has 1 aliphatic rings. The molecule has 1 amide bonds. The van der Waals surface area contributed by atoms with Gasteiger partial charge >= 0.3 is 0 Å². The summed E-state index contributed by atoms with van der Waals surface area (Å²) in [5.74, 6) is 2.10. The van der Waals surface area contributed by atoms with E-state index in [1.165, 1.54) is 0 Å². The molecule has 0 bridgehead atoms. The van der Waals surface area contributed by atoms with Crippen LogP contribution in [0, 0.1) is 5.92 Å². The van der Waals surface area contributed by atoms with E-state index in [2.05, 4.69) is 4.98 Å². The van der Waals surface area contributed by atoms with E-state index < -0.39 is 0 Å². The molecule has 0 spiro atoms. The summed E-state index contributed by atoms with van der Waals surface area (Å²) in [5.41, 5.74) is 1.56. The number of piperidine rings is 1. The molecular formula is C23H26N2O3. The number of nitrogens with zero attached hydrogens (tertiary/aromatic N) is 1. The molecule has 1 aromatic heterocycles. The molecule has 3 aromatic rings. The Morgan fingerprint density at radius 3 is 2.79 bits per heavy atom. The molecule has 1 atom stereocenters. The van der Waals surface area contributed by atoms with Gasteiger partial charge in [0.15, 0.2) is 0 Å². The van der Waals surface area contributed by atoms with Crippen LogP contribution in [0.5, 0.6) is 11.5 Å². The van der Waals surface area contributed by atoms with Gasteiger partial charge in [0.05, 0.1) is 13.2 Å². The van der Waals surface area contributed by atoms with Crippen molar-refractivity contribution in [2.75, 3.05) is 26.3 Å². The summed E-state index contributed by atoms with van der Waals surface area (Å²) >= 11 is 0. The minimum Gasteiger partial charge on any atom is -0.494 e. The van der Waals surface area contributed by atoms with Crippen LogP contribution in [0.3, 0.4) is 0 Å². The minimum absolute atomic E-state index is 0.0542. The molecule has 1 fully saturated rings. The molecule has 0 saturated carbocycles. The van der Waals surface area contributed by atoms with E-state index >= 15 is 0 Å². The third-order valence-corrected chi connectivity index (χ3v) is 5.17. The topological polar surface area (TPSA) is 54.6 Å². The predicted octanol–water partition coefficient (Wildman–Crippen LogP) is 4.50. The van der Waals surface area contributed by atoms with Crippen LogP contribution in [0.4, 0.5) is 0 Å². The Bertz CT molecular complexity index is 935. The van der Waals surface area contributed by atoms with Crippen LogP contribution in [0.2, 0.25) is 0 Å². The molecule has 1 unspecified atom stereocenters. The molecule has 5 nitrogen and oxygen atoms in total. The van der Waals surface area contributed by atoms with Gasteiger partial charge in [-0.2, -0.15) is 0 Å². The number of fused-ring (bicyclic) bond motifs is 1. The summed E-state index contributed by atoms with van der Waals surface area (Å²) in [6, 6.07) is 17.6. The van der Waals surface area contributed by atoms with Gasteiger partial charge in [0, 0.05) is 36.0 Å². The summed E-state index contributed by atoms with van der Waals surface area (Å²) in [7, 11) is 0. The van der Waals surface area contributed by atoms with Crippen LogP contribution >= 0.6 is 0 Å². The zero-order valence-electron chi connectivity index (χ0n) is 16.2. The number of para-hydroxylation sites is 1. The van der Waals surface area contributed by atoms with Crippen molar-refractivity contribution in [3.8, 4) is 11.5 Å². The van der Waals surface area contributed by atoms with E-state index in [9.17, 15) is 4.79 Å². The fourth-order valence-corrected chi connectivity index (χ4v) is 3.76. The van der Waals surface area contributed by atoms with Crippen LogP contribution in [-0.2, 0) is 0 Å². The SMILES string of the molecule is CCOc1ccc2cc(C(=O)N3CCCC(COc4ccccc4)C3)[nH]c2c1. The normalized spacial score (nSPS) is 16.9. The Labute approximate surface area is 165 Å². The summed E-state index contributed by atoms with van der Waals surface area (Å²) in [6.07, 6.45) is 2.09. The Morgan fingerprint density at radius 1 is 1.11 bits per heavy atom. The molecule has 0 aliphatic carbocycles. The van der Waals surface area contributed by atoms with Crippen molar-refractivity contribution >= 4 is 16.8 Å². The summed E-state index contributed by atoms with van der Waals surface area (Å²) < 4.78 is 11.5. The summed E-state index contributed by atoms with van der Waals surface area (Å²) in [5, 5.41) is 1.02. The predicted molar refractivity (Wildman–Crippen MR) is 110 cm³/mol. The Hall–Kier alpha value is -2.95. The summed E-state index contributed by atoms with van der Waals surface area (Å²) in [4.78, 5) is 18.2. The second-order valence-electron chi connectivity index (χ2n) is 7.25. The van der Waals surface area contributed by atoms with Crippen molar-refractivity contribution in [3.63, 3.8) is 0 Å². The molecule has 146 valence electrons. The number of carbonyl (C=O) groups excluding carboxylic acids is 1. The van der Waals surface area contributed by atoms with Gasteiger partial charge in [-0.05, 0) is 50.1 Å². The van der Waals surface area contributed by atoms with Crippen molar-refractivity contribution in [1.29, 1.82) is 0 Å². The standard InChI is InChI=1S/C23H26N2O3/c1-2-27-20-11-10-18-13-22(24-21(18)14-20)23(26)25-12-6-7-17(15-25)16-28-19-8-4-3-5-9-19/h3-5,8-11,13-14,17,24H,2,6-7,12,15-16H2,1H3. The lowest BCUT2D eigenvalue weighted by molar-refractivity contribution is 0.0628. The fourth-order valence-electron chi connectivity index (χ4n) is 3.76. The molecular weight excluding hydrogens is 352 g/mol. The zero-order valence-corrected chi connectivity index (χ0v) is 16.2. The highest BCUT2D eigenvalue weighted by molar-refractivity contribution is 5.98. The maximum atomic E-state index is 13.0. The number of benzene rings is 2. The third-order valence-electron chi connectivity index (χ3n) is 5.17. The third kappa shape index (κ3) is 4.14. The first-order valence-electron chi connectivity index (χ1n) is 9.95. The van der Waals surface area contributed by atoms with Crippen LogP contribution in [0.1, 0.15) is 30.3 Å². The van der Waals surface area contributed by atoms with E-state index in [4.69, 9.17) is 9.47 Å². The molecule has 1 N–H and O–H groups in total. The lowest BCUT2D eigenvalue weighted by Gasteiger charge is -2.32. The lowest BCUT2D eigenvalue weighted by Crippen LogP contribution is -2.41. The van der Waals surface area contributed by atoms with Crippen molar-refractivity contribution in [3.05, 3.63) is 60.3 Å². The Morgan fingerprint density at radius 2 is 1.96 bits per heavy atom. The van der Waals surface area contributed by atoms with Crippen molar-refractivity contribution < 1.29 is 14.3 Å². The highest BCUT2D eigenvalue weighted by Crippen LogP contribution is 2.24. The quantitative estimate of drug-likeness (QED) is 0.687. The Balaban J connectivity index is 1.41. The number of H-pyrrole nitrogens is 1. The van der Waals surface area contributed by atoms with Gasteiger partial charge in [0.2, 0.25) is 0 Å². The molecule has 4 rings (SSSR count). The van der Waals surface area contributed by atoms with Crippen LogP contribution < -0.4 is 9.47 Å². The largest absolute Gasteiger partial charge is 0.494 e. The van der Waals surface area contributed by atoms with Crippen LogP contribution in [0.15, 0.2) is 54.6 Å². The van der Waals surface area contributed by atoms with E-state index in [1.54, 1.807) is 0 Å². The van der Waals surface area contributed by atoms with Crippen molar-refractivity contribution in [1.82, 2.24) is 9.88 Å². The number of aromatic nitrogens is 1. The smallest absolute Gasteiger partial charge is 0.270 e. The molecule has 28 heavy (non-hydrogen) atoms. The van der Waals surface area contributed by atoms with E-state index in [1.807, 2.05) is 66.4 Å². The van der Waals surface area contributed by atoms with Crippen LogP contribution in [0.25, 0.3) is 10.9 Å². The lowest BCUT2D eigenvalue weighted by atomic mass is 9.98. The van der Waals surface area contributed by atoms with Gasteiger partial charge in [-0.25, -0.2) is 0 Å². The van der Waals surface area contributed by atoms with Gasteiger partial charge < -0.3 is 19.4 Å². The number of amides is 1. The van der Waals surface area contributed by atoms with Gasteiger partial charge in [-0.15, -0.1) is 0 Å².